The van der Waals surface area contributed by atoms with Crippen molar-refractivity contribution in [1.82, 2.24) is 4.57 Å². The molecule has 0 fully saturated rings. The summed E-state index contributed by atoms with van der Waals surface area (Å²) in [6.45, 7) is 7.00. The number of fused-ring (bicyclic) bond motifs is 3. The molecule has 0 unspecified atom stereocenters. The molecule has 0 spiro atoms. The summed E-state index contributed by atoms with van der Waals surface area (Å²) in [5.41, 5.74) is 4.30. The van der Waals surface area contributed by atoms with E-state index in [2.05, 4.69) is 53.2 Å². The third kappa shape index (κ3) is 2.97. The number of para-hydroxylation sites is 1. The first-order valence-corrected chi connectivity index (χ1v) is 9.38. The van der Waals surface area contributed by atoms with Crippen molar-refractivity contribution in [2.45, 2.75) is 33.4 Å². The quantitative estimate of drug-likeness (QED) is 0.532. The minimum Gasteiger partial charge on any atom is -0.341 e. The van der Waals surface area contributed by atoms with Crippen molar-refractivity contribution in [2.75, 3.05) is 5.32 Å². The van der Waals surface area contributed by atoms with Crippen LogP contribution in [0, 0.1) is 6.92 Å². The lowest BCUT2D eigenvalue weighted by atomic mass is 10.1. The van der Waals surface area contributed by atoms with Crippen LogP contribution in [0.1, 0.15) is 25.6 Å². The van der Waals surface area contributed by atoms with Crippen LogP contribution in [0.25, 0.3) is 21.8 Å². The predicted molar refractivity (Wildman–Crippen MR) is 110 cm³/mol. The topological polar surface area (TPSA) is 37.9 Å². The Balaban J connectivity index is 1.70. The van der Waals surface area contributed by atoms with Gasteiger partial charge in [-0.1, -0.05) is 24.3 Å². The van der Waals surface area contributed by atoms with Crippen molar-refractivity contribution in [3.8, 4) is 0 Å². The van der Waals surface area contributed by atoms with Crippen LogP contribution in [0.15, 0.2) is 66.9 Å². The second kappa shape index (κ2) is 6.88. The lowest BCUT2D eigenvalue weighted by Crippen LogP contribution is -2.46. The SMILES string of the molecule is CCn1c2ccccc2c2cc(NC(=O)[C@H](C)[n+]3ccccc3C)ccc21. The molecule has 1 atom stereocenters. The molecule has 0 bridgehead atoms. The lowest BCUT2D eigenvalue weighted by Gasteiger charge is -2.11. The maximum atomic E-state index is 12.8. The zero-order valence-electron chi connectivity index (χ0n) is 15.9. The van der Waals surface area contributed by atoms with Gasteiger partial charge in [-0.3, -0.25) is 4.79 Å². The molecule has 4 heteroatoms. The van der Waals surface area contributed by atoms with Crippen LogP contribution in [0.2, 0.25) is 0 Å². The van der Waals surface area contributed by atoms with Crippen molar-refractivity contribution in [1.29, 1.82) is 0 Å². The molecule has 0 aliphatic rings. The van der Waals surface area contributed by atoms with E-state index >= 15 is 0 Å². The smallest absolute Gasteiger partial charge is 0.293 e. The number of carbonyl (C=O) groups excluding carboxylic acids is 1. The summed E-state index contributed by atoms with van der Waals surface area (Å²) in [5, 5.41) is 5.47. The molecule has 2 aromatic carbocycles. The summed E-state index contributed by atoms with van der Waals surface area (Å²) in [6.07, 6.45) is 1.94. The van der Waals surface area contributed by atoms with E-state index < -0.39 is 0 Å². The number of carbonyl (C=O) groups is 1. The number of pyridine rings is 1. The summed E-state index contributed by atoms with van der Waals surface area (Å²) in [7, 11) is 0. The molecular formula is C23H24N3O+. The van der Waals surface area contributed by atoms with Gasteiger partial charge in [0.1, 0.15) is 0 Å². The summed E-state index contributed by atoms with van der Waals surface area (Å²) >= 11 is 0. The van der Waals surface area contributed by atoms with Gasteiger partial charge in [0, 0.05) is 60.0 Å². The van der Waals surface area contributed by atoms with Gasteiger partial charge in [-0.15, -0.1) is 0 Å². The second-order valence-electron chi connectivity index (χ2n) is 6.91. The third-order valence-electron chi connectivity index (χ3n) is 5.26. The standard InChI is InChI=1S/C23H23N3O/c1-4-25-21-11-6-5-10-19(21)20-15-18(12-13-22(20)25)24-23(27)17(3)26-14-8-7-9-16(26)2/h5-15,17H,4H2,1-3H3/p+1/t17-/m0/s1. The molecular weight excluding hydrogens is 334 g/mol. The molecule has 0 aliphatic carbocycles. The highest BCUT2D eigenvalue weighted by Crippen LogP contribution is 2.31. The van der Waals surface area contributed by atoms with Gasteiger partial charge >= 0.3 is 0 Å². The number of aryl methyl sites for hydroxylation is 2. The van der Waals surface area contributed by atoms with Gasteiger partial charge in [0.15, 0.2) is 11.9 Å². The van der Waals surface area contributed by atoms with Gasteiger partial charge in [-0.2, -0.15) is 4.57 Å². The summed E-state index contributed by atoms with van der Waals surface area (Å²) < 4.78 is 4.29. The Bertz CT molecular complexity index is 1140. The fraction of sp³-hybridized carbons (Fsp3) is 0.217. The van der Waals surface area contributed by atoms with E-state index in [4.69, 9.17) is 0 Å². The van der Waals surface area contributed by atoms with Crippen LogP contribution in [-0.2, 0) is 11.3 Å². The number of rotatable bonds is 4. The average molecular weight is 358 g/mol. The fourth-order valence-electron chi connectivity index (χ4n) is 3.82. The fourth-order valence-corrected chi connectivity index (χ4v) is 3.82. The van der Waals surface area contributed by atoms with Crippen LogP contribution < -0.4 is 9.88 Å². The number of amides is 1. The Morgan fingerprint density at radius 3 is 2.56 bits per heavy atom. The zero-order valence-corrected chi connectivity index (χ0v) is 15.9. The molecule has 136 valence electrons. The molecule has 4 nitrogen and oxygen atoms in total. The molecule has 4 rings (SSSR count). The summed E-state index contributed by atoms with van der Waals surface area (Å²) in [4.78, 5) is 12.8. The van der Waals surface area contributed by atoms with Crippen molar-refractivity contribution < 1.29 is 9.36 Å². The van der Waals surface area contributed by atoms with Crippen molar-refractivity contribution in [3.05, 3.63) is 72.6 Å². The van der Waals surface area contributed by atoms with Crippen molar-refractivity contribution in [3.63, 3.8) is 0 Å². The number of benzene rings is 2. The Morgan fingerprint density at radius 1 is 1.04 bits per heavy atom. The third-order valence-corrected chi connectivity index (χ3v) is 5.26. The van der Waals surface area contributed by atoms with Gasteiger partial charge in [-0.05, 0) is 31.2 Å². The maximum Gasteiger partial charge on any atom is 0.293 e. The minimum atomic E-state index is -0.279. The highest BCUT2D eigenvalue weighted by atomic mass is 16.2. The van der Waals surface area contributed by atoms with E-state index in [0.29, 0.717) is 0 Å². The Morgan fingerprint density at radius 2 is 1.78 bits per heavy atom. The van der Waals surface area contributed by atoms with E-state index in [0.717, 1.165) is 17.9 Å². The van der Waals surface area contributed by atoms with Crippen LogP contribution in [0.3, 0.4) is 0 Å². The molecule has 2 aromatic heterocycles. The molecule has 0 saturated heterocycles. The van der Waals surface area contributed by atoms with Gasteiger partial charge in [0.05, 0.1) is 0 Å². The van der Waals surface area contributed by atoms with Gasteiger partial charge in [0.25, 0.3) is 5.91 Å². The Kier molecular flexibility index (Phi) is 4.40. The predicted octanol–water partition coefficient (Wildman–Crippen LogP) is 4.61. The van der Waals surface area contributed by atoms with Crippen molar-refractivity contribution in [2.24, 2.45) is 0 Å². The average Bonchev–Trinajstić information content (AvgIpc) is 3.01. The lowest BCUT2D eigenvalue weighted by molar-refractivity contribution is -0.711. The highest BCUT2D eigenvalue weighted by Gasteiger charge is 2.23. The van der Waals surface area contributed by atoms with Crippen LogP contribution in [0.5, 0.6) is 0 Å². The number of nitrogens with one attached hydrogen (secondary N) is 1. The van der Waals surface area contributed by atoms with E-state index in [1.807, 2.05) is 48.9 Å². The van der Waals surface area contributed by atoms with Crippen LogP contribution >= 0.6 is 0 Å². The van der Waals surface area contributed by atoms with E-state index in [9.17, 15) is 4.79 Å². The monoisotopic (exact) mass is 358 g/mol. The largest absolute Gasteiger partial charge is 0.341 e. The molecule has 1 N–H and O–H groups in total. The van der Waals surface area contributed by atoms with Crippen LogP contribution in [-0.4, -0.2) is 10.5 Å². The van der Waals surface area contributed by atoms with Gasteiger partial charge in [0.2, 0.25) is 6.04 Å². The molecule has 0 aliphatic heterocycles. The first kappa shape index (κ1) is 17.3. The highest BCUT2D eigenvalue weighted by molar-refractivity contribution is 6.09. The molecule has 27 heavy (non-hydrogen) atoms. The number of nitrogens with zero attached hydrogens (tertiary/aromatic N) is 2. The number of hydrogen-bond donors (Lipinski definition) is 1. The van der Waals surface area contributed by atoms with E-state index in [1.54, 1.807) is 0 Å². The first-order valence-electron chi connectivity index (χ1n) is 9.38. The summed E-state index contributed by atoms with van der Waals surface area (Å²) in [5.74, 6) is -0.0205. The number of anilines is 1. The maximum absolute atomic E-state index is 12.8. The second-order valence-corrected chi connectivity index (χ2v) is 6.91. The number of aromatic nitrogens is 2. The molecule has 1 amide bonds. The molecule has 0 radical (unpaired) electrons. The molecule has 4 aromatic rings. The van der Waals surface area contributed by atoms with Crippen LogP contribution in [0.4, 0.5) is 5.69 Å². The van der Waals surface area contributed by atoms with Gasteiger partial charge in [-0.25, -0.2) is 0 Å². The zero-order chi connectivity index (χ0) is 19.0. The normalized spacial score (nSPS) is 12.4. The molecule has 0 saturated carbocycles. The number of hydrogen-bond acceptors (Lipinski definition) is 1. The first-order chi connectivity index (χ1) is 13.1. The Hall–Kier alpha value is -3.14. The van der Waals surface area contributed by atoms with Gasteiger partial charge < -0.3 is 9.88 Å². The van der Waals surface area contributed by atoms with E-state index in [1.165, 1.54) is 21.8 Å². The molecule has 2 heterocycles. The van der Waals surface area contributed by atoms with E-state index in [-0.39, 0.29) is 11.9 Å². The minimum absolute atomic E-state index is 0.0205. The van der Waals surface area contributed by atoms with Crippen molar-refractivity contribution >= 4 is 33.4 Å². The Labute approximate surface area is 159 Å². The summed E-state index contributed by atoms with van der Waals surface area (Å²) in [6, 6.07) is 20.2.